The number of carbonyl (C=O) groups excluding carboxylic acids is 1. The quantitative estimate of drug-likeness (QED) is 0.897. The van der Waals surface area contributed by atoms with Crippen molar-refractivity contribution >= 4 is 11.6 Å². The second-order valence-electron chi connectivity index (χ2n) is 6.36. The van der Waals surface area contributed by atoms with E-state index in [1.165, 1.54) is 0 Å². The molecule has 0 bridgehead atoms. The van der Waals surface area contributed by atoms with E-state index in [0.29, 0.717) is 36.9 Å². The van der Waals surface area contributed by atoms with E-state index in [2.05, 4.69) is 15.5 Å². The zero-order valence-electron chi connectivity index (χ0n) is 14.9. The highest BCUT2D eigenvalue weighted by Gasteiger charge is 2.26. The number of anilines is 1. The van der Waals surface area contributed by atoms with Crippen molar-refractivity contribution in [2.75, 3.05) is 18.4 Å². The Labute approximate surface area is 147 Å². The Morgan fingerprint density at radius 2 is 1.92 bits per heavy atom. The lowest BCUT2D eigenvalue weighted by Gasteiger charge is -2.35. The molecule has 0 saturated carbocycles. The molecule has 0 unspecified atom stereocenters. The number of ether oxygens (including phenoxy) is 1. The average Bonchev–Trinajstić information content (AvgIpc) is 3.07. The van der Waals surface area contributed by atoms with Crippen molar-refractivity contribution in [2.45, 2.75) is 45.9 Å². The van der Waals surface area contributed by atoms with Crippen molar-refractivity contribution in [2.24, 2.45) is 0 Å². The molecule has 1 aliphatic heterocycles. The monoisotopic (exact) mass is 344 g/mol. The number of nitrogens with zero attached hydrogens (tertiary/aromatic N) is 3. The number of benzene rings is 1. The van der Waals surface area contributed by atoms with Gasteiger partial charge in [-0.3, -0.25) is 4.79 Å². The van der Waals surface area contributed by atoms with Crippen LogP contribution in [0.2, 0.25) is 0 Å². The largest absolute Gasteiger partial charge is 0.376 e. The highest BCUT2D eigenvalue weighted by Crippen LogP contribution is 2.16. The Bertz CT molecular complexity index is 703. The summed E-state index contributed by atoms with van der Waals surface area (Å²) >= 11 is 0. The molecule has 134 valence electrons. The molecule has 1 saturated heterocycles. The lowest BCUT2D eigenvalue weighted by atomic mass is 10.1. The van der Waals surface area contributed by atoms with Crippen molar-refractivity contribution < 1.29 is 14.1 Å². The first kappa shape index (κ1) is 17.4. The van der Waals surface area contributed by atoms with Gasteiger partial charge in [0.2, 0.25) is 5.89 Å². The van der Waals surface area contributed by atoms with Crippen LogP contribution in [0, 0.1) is 0 Å². The van der Waals surface area contributed by atoms with Crippen LogP contribution >= 0.6 is 0 Å². The van der Waals surface area contributed by atoms with E-state index < -0.39 is 0 Å². The predicted molar refractivity (Wildman–Crippen MR) is 93.4 cm³/mol. The number of carbonyl (C=O) groups is 1. The van der Waals surface area contributed by atoms with E-state index >= 15 is 0 Å². The van der Waals surface area contributed by atoms with E-state index in [4.69, 9.17) is 9.26 Å². The second kappa shape index (κ2) is 7.65. The molecule has 1 fully saturated rings. The lowest BCUT2D eigenvalue weighted by Crippen LogP contribution is -2.48. The molecule has 1 aliphatic rings. The third-order valence-corrected chi connectivity index (χ3v) is 4.11. The van der Waals surface area contributed by atoms with Crippen molar-refractivity contribution in [1.29, 1.82) is 0 Å². The molecule has 2 aromatic rings. The summed E-state index contributed by atoms with van der Waals surface area (Å²) in [7, 11) is 0. The summed E-state index contributed by atoms with van der Waals surface area (Å²) in [5.41, 5.74) is 1.58. The number of aryl methyl sites for hydroxylation is 1. The van der Waals surface area contributed by atoms with Gasteiger partial charge in [0.05, 0.1) is 18.8 Å². The molecule has 3 rings (SSSR count). The number of amides is 1. The zero-order valence-corrected chi connectivity index (χ0v) is 14.9. The summed E-state index contributed by atoms with van der Waals surface area (Å²) in [6.45, 7) is 7.67. The van der Waals surface area contributed by atoms with Crippen LogP contribution in [0.25, 0.3) is 0 Å². The van der Waals surface area contributed by atoms with Gasteiger partial charge in [-0.25, -0.2) is 0 Å². The predicted octanol–water partition coefficient (Wildman–Crippen LogP) is 2.49. The molecule has 25 heavy (non-hydrogen) atoms. The zero-order chi connectivity index (χ0) is 17.8. The topological polar surface area (TPSA) is 80.5 Å². The molecule has 0 radical (unpaired) electrons. The fraction of sp³-hybridized carbons (Fsp3) is 0.500. The first-order chi connectivity index (χ1) is 12.0. The maximum Gasteiger partial charge on any atom is 0.254 e. The minimum Gasteiger partial charge on any atom is -0.376 e. The Balaban J connectivity index is 1.58. The van der Waals surface area contributed by atoms with Gasteiger partial charge < -0.3 is 19.5 Å². The smallest absolute Gasteiger partial charge is 0.254 e. The summed E-state index contributed by atoms with van der Waals surface area (Å²) in [6.07, 6.45) is 0.881. The fourth-order valence-electron chi connectivity index (χ4n) is 2.94. The molecule has 1 aromatic carbocycles. The first-order valence-corrected chi connectivity index (χ1v) is 8.65. The first-order valence-electron chi connectivity index (χ1n) is 8.65. The van der Waals surface area contributed by atoms with Gasteiger partial charge in [0.1, 0.15) is 0 Å². The fourth-order valence-corrected chi connectivity index (χ4v) is 2.94. The van der Waals surface area contributed by atoms with Gasteiger partial charge in [-0.15, -0.1) is 0 Å². The number of hydrogen-bond donors (Lipinski definition) is 1. The Morgan fingerprint density at radius 3 is 2.52 bits per heavy atom. The molecule has 0 aliphatic carbocycles. The molecule has 2 heterocycles. The van der Waals surface area contributed by atoms with Gasteiger partial charge >= 0.3 is 0 Å². The molecule has 0 spiro atoms. The number of morpholine rings is 1. The van der Waals surface area contributed by atoms with Crippen LogP contribution in [0.1, 0.15) is 42.8 Å². The molecule has 1 N–H and O–H groups in total. The molecule has 2 atom stereocenters. The molecule has 1 aromatic heterocycles. The van der Waals surface area contributed by atoms with Crippen LogP contribution in [-0.4, -0.2) is 46.2 Å². The SMILES string of the molecule is CCc1noc(CNc2ccc(C(=O)N3C[C@H](C)O[C@@H](C)C3)cc2)n1. The van der Waals surface area contributed by atoms with Crippen LogP contribution in [0.4, 0.5) is 5.69 Å². The third-order valence-electron chi connectivity index (χ3n) is 4.11. The van der Waals surface area contributed by atoms with Gasteiger partial charge in [0, 0.05) is 30.8 Å². The number of aromatic nitrogens is 2. The number of rotatable bonds is 5. The summed E-state index contributed by atoms with van der Waals surface area (Å²) in [5.74, 6) is 1.29. The molecule has 7 nitrogen and oxygen atoms in total. The van der Waals surface area contributed by atoms with Gasteiger partial charge in [0.25, 0.3) is 5.91 Å². The van der Waals surface area contributed by atoms with Gasteiger partial charge in [-0.1, -0.05) is 12.1 Å². The molecule has 7 heteroatoms. The van der Waals surface area contributed by atoms with Crippen LogP contribution in [0.15, 0.2) is 28.8 Å². The van der Waals surface area contributed by atoms with Gasteiger partial charge in [-0.05, 0) is 38.1 Å². The lowest BCUT2D eigenvalue weighted by molar-refractivity contribution is -0.0586. The van der Waals surface area contributed by atoms with E-state index in [0.717, 1.165) is 12.1 Å². The van der Waals surface area contributed by atoms with Crippen LogP contribution in [0.5, 0.6) is 0 Å². The maximum absolute atomic E-state index is 12.6. The Hall–Kier alpha value is -2.41. The molecular weight excluding hydrogens is 320 g/mol. The van der Waals surface area contributed by atoms with E-state index in [1.807, 2.05) is 49.9 Å². The second-order valence-corrected chi connectivity index (χ2v) is 6.36. The maximum atomic E-state index is 12.6. The highest BCUT2D eigenvalue weighted by molar-refractivity contribution is 5.94. The van der Waals surface area contributed by atoms with Crippen molar-refractivity contribution in [3.05, 3.63) is 41.5 Å². The standard InChI is InChI=1S/C18H24N4O3/c1-4-16-20-17(25-21-16)9-19-15-7-5-14(6-8-15)18(23)22-10-12(2)24-13(3)11-22/h5-8,12-13,19H,4,9-11H2,1-3H3/t12-,13-/m0/s1. The van der Waals surface area contributed by atoms with Crippen molar-refractivity contribution in [3.63, 3.8) is 0 Å². The minimum absolute atomic E-state index is 0.0399. The normalized spacial score (nSPS) is 20.5. The van der Waals surface area contributed by atoms with E-state index in [-0.39, 0.29) is 18.1 Å². The van der Waals surface area contributed by atoms with E-state index in [1.54, 1.807) is 0 Å². The van der Waals surface area contributed by atoms with Gasteiger partial charge in [0.15, 0.2) is 5.82 Å². The number of nitrogens with one attached hydrogen (secondary N) is 1. The summed E-state index contributed by atoms with van der Waals surface area (Å²) in [5, 5.41) is 7.08. The minimum atomic E-state index is 0.0399. The Morgan fingerprint density at radius 1 is 1.24 bits per heavy atom. The summed E-state index contributed by atoms with van der Waals surface area (Å²) < 4.78 is 10.8. The summed E-state index contributed by atoms with van der Waals surface area (Å²) in [6, 6.07) is 7.44. The van der Waals surface area contributed by atoms with Crippen molar-refractivity contribution in [1.82, 2.24) is 15.0 Å². The van der Waals surface area contributed by atoms with Gasteiger partial charge in [-0.2, -0.15) is 4.98 Å². The van der Waals surface area contributed by atoms with Crippen LogP contribution in [-0.2, 0) is 17.7 Å². The van der Waals surface area contributed by atoms with Crippen LogP contribution in [0.3, 0.4) is 0 Å². The molecular formula is C18H24N4O3. The van der Waals surface area contributed by atoms with Crippen molar-refractivity contribution in [3.8, 4) is 0 Å². The highest BCUT2D eigenvalue weighted by atomic mass is 16.5. The summed E-state index contributed by atoms with van der Waals surface area (Å²) in [4.78, 5) is 18.7. The molecule has 1 amide bonds. The van der Waals surface area contributed by atoms with E-state index in [9.17, 15) is 4.79 Å². The average molecular weight is 344 g/mol. The third kappa shape index (κ3) is 4.36. The van der Waals surface area contributed by atoms with Crippen LogP contribution < -0.4 is 5.32 Å². The number of hydrogen-bond acceptors (Lipinski definition) is 6. The Kier molecular flexibility index (Phi) is 5.33.